The van der Waals surface area contributed by atoms with Crippen molar-refractivity contribution < 1.29 is 14.3 Å². The number of benzene rings is 2. The molecule has 0 saturated heterocycles. The zero-order chi connectivity index (χ0) is 25.8. The third kappa shape index (κ3) is 4.93. The van der Waals surface area contributed by atoms with Gasteiger partial charge in [-0.2, -0.15) is 0 Å². The van der Waals surface area contributed by atoms with Gasteiger partial charge >= 0.3 is 5.97 Å². The molecular weight excluding hydrogens is 472 g/mol. The van der Waals surface area contributed by atoms with Crippen LogP contribution in [0.4, 0.5) is 0 Å². The number of hydrogen-bond acceptors (Lipinski definition) is 6. The maximum absolute atomic E-state index is 13.8. The van der Waals surface area contributed by atoms with E-state index in [1.165, 1.54) is 16.9 Å². The lowest BCUT2D eigenvalue weighted by Gasteiger charge is -2.26. The van der Waals surface area contributed by atoms with Gasteiger partial charge in [0.05, 0.1) is 35.6 Å². The first-order valence-corrected chi connectivity index (χ1v) is 13.2. The van der Waals surface area contributed by atoms with E-state index < -0.39 is 12.0 Å². The maximum Gasteiger partial charge on any atom is 0.338 e. The Labute approximate surface area is 215 Å². The molecule has 0 unspecified atom stereocenters. The van der Waals surface area contributed by atoms with Crippen molar-refractivity contribution in [1.82, 2.24) is 4.57 Å². The monoisotopic (exact) mass is 504 g/mol. The van der Waals surface area contributed by atoms with Crippen LogP contribution in [0.1, 0.15) is 69.2 Å². The first-order chi connectivity index (χ1) is 17.4. The second kappa shape index (κ2) is 11.1. The van der Waals surface area contributed by atoms with E-state index in [2.05, 4.69) is 32.9 Å². The van der Waals surface area contributed by atoms with Crippen LogP contribution < -0.4 is 19.6 Å². The second-order valence-electron chi connectivity index (χ2n) is 8.98. The average molecular weight is 505 g/mol. The molecule has 1 aromatic heterocycles. The third-order valence-electron chi connectivity index (χ3n) is 6.24. The molecule has 7 heteroatoms. The minimum Gasteiger partial charge on any atom is -0.496 e. The van der Waals surface area contributed by atoms with Gasteiger partial charge in [0.1, 0.15) is 5.75 Å². The molecule has 0 spiro atoms. The van der Waals surface area contributed by atoms with E-state index in [1.54, 1.807) is 18.6 Å². The number of methoxy groups -OCH3 is 1. The minimum absolute atomic E-state index is 0.195. The van der Waals surface area contributed by atoms with E-state index in [0.29, 0.717) is 38.7 Å². The summed E-state index contributed by atoms with van der Waals surface area (Å²) in [5.74, 6) is 0.627. The van der Waals surface area contributed by atoms with Crippen molar-refractivity contribution in [3.63, 3.8) is 0 Å². The van der Waals surface area contributed by atoms with Crippen LogP contribution in [0.25, 0.3) is 6.08 Å². The zero-order valence-electron chi connectivity index (χ0n) is 21.4. The summed E-state index contributed by atoms with van der Waals surface area (Å²) in [5.41, 5.74) is 3.78. The molecule has 0 bridgehead atoms. The smallest absolute Gasteiger partial charge is 0.338 e. The van der Waals surface area contributed by atoms with Crippen molar-refractivity contribution in [2.75, 3.05) is 13.7 Å². The molecule has 188 valence electrons. The lowest BCUT2D eigenvalue weighted by atomic mass is 9.92. The number of fused-ring (bicyclic) bond motifs is 1. The van der Waals surface area contributed by atoms with Gasteiger partial charge < -0.3 is 9.47 Å². The zero-order valence-corrected chi connectivity index (χ0v) is 22.2. The van der Waals surface area contributed by atoms with Gasteiger partial charge in [0, 0.05) is 5.56 Å². The first-order valence-electron chi connectivity index (χ1n) is 12.3. The van der Waals surface area contributed by atoms with Crippen molar-refractivity contribution in [3.8, 4) is 5.75 Å². The van der Waals surface area contributed by atoms with Crippen molar-refractivity contribution in [2.24, 2.45) is 4.99 Å². The summed E-state index contributed by atoms with van der Waals surface area (Å²) in [4.78, 5) is 32.5. The number of nitrogens with zero attached hydrogens (tertiary/aromatic N) is 2. The van der Waals surface area contributed by atoms with Crippen LogP contribution >= 0.6 is 11.3 Å². The van der Waals surface area contributed by atoms with Gasteiger partial charge in [-0.15, -0.1) is 0 Å². The summed E-state index contributed by atoms with van der Waals surface area (Å²) in [6.45, 7) is 8.36. The highest BCUT2D eigenvalue weighted by Gasteiger charge is 2.34. The predicted octanol–water partition coefficient (Wildman–Crippen LogP) is 4.71. The van der Waals surface area contributed by atoms with Crippen molar-refractivity contribution >= 4 is 23.4 Å². The third-order valence-corrected chi connectivity index (χ3v) is 7.22. The van der Waals surface area contributed by atoms with Crippen molar-refractivity contribution in [2.45, 2.75) is 52.5 Å². The molecular formula is C29H32N2O4S. The van der Waals surface area contributed by atoms with Crippen LogP contribution in [0.15, 0.2) is 69.6 Å². The van der Waals surface area contributed by atoms with Gasteiger partial charge in [0.15, 0.2) is 4.80 Å². The molecule has 2 aromatic carbocycles. The van der Waals surface area contributed by atoms with E-state index >= 15 is 0 Å². The summed E-state index contributed by atoms with van der Waals surface area (Å²) in [6.07, 6.45) is 3.26. The summed E-state index contributed by atoms with van der Waals surface area (Å²) in [7, 11) is 1.61. The van der Waals surface area contributed by atoms with Crippen LogP contribution in [-0.2, 0) is 9.53 Å². The SMILES string of the molecule is CCCC1=C(C(=O)OCC)[C@@H](c2ccc(C(C)C)cc2)n2c(s/c(=C/c3ccccc3OC)c2=O)=N1. The highest BCUT2D eigenvalue weighted by molar-refractivity contribution is 7.07. The largest absolute Gasteiger partial charge is 0.496 e. The molecule has 0 aliphatic carbocycles. The van der Waals surface area contributed by atoms with Gasteiger partial charge in [0.2, 0.25) is 0 Å². The number of hydrogen-bond donors (Lipinski definition) is 0. The topological polar surface area (TPSA) is 69.9 Å². The van der Waals surface area contributed by atoms with Crippen LogP contribution in [-0.4, -0.2) is 24.3 Å². The number of thiazole rings is 1. The Morgan fingerprint density at radius 2 is 1.86 bits per heavy atom. The van der Waals surface area contributed by atoms with Crippen LogP contribution in [0.3, 0.4) is 0 Å². The highest BCUT2D eigenvalue weighted by Crippen LogP contribution is 2.33. The van der Waals surface area contributed by atoms with E-state index in [0.717, 1.165) is 17.5 Å². The molecule has 0 amide bonds. The molecule has 0 radical (unpaired) electrons. The summed E-state index contributed by atoms with van der Waals surface area (Å²) in [5, 5.41) is 0. The van der Waals surface area contributed by atoms with Crippen LogP contribution in [0, 0.1) is 0 Å². The number of aromatic nitrogens is 1. The number of ether oxygens (including phenoxy) is 2. The second-order valence-corrected chi connectivity index (χ2v) is 9.99. The Morgan fingerprint density at radius 1 is 1.14 bits per heavy atom. The molecule has 3 aromatic rings. The van der Waals surface area contributed by atoms with Crippen molar-refractivity contribution in [3.05, 3.63) is 96.2 Å². The van der Waals surface area contributed by atoms with Gasteiger partial charge in [-0.3, -0.25) is 9.36 Å². The minimum atomic E-state index is -0.608. The average Bonchev–Trinajstić information content (AvgIpc) is 3.18. The molecule has 0 N–H and O–H groups in total. The number of para-hydroxylation sites is 1. The molecule has 0 fully saturated rings. The summed E-state index contributed by atoms with van der Waals surface area (Å²) >= 11 is 1.33. The lowest BCUT2D eigenvalue weighted by Crippen LogP contribution is -2.40. The lowest BCUT2D eigenvalue weighted by molar-refractivity contribution is -0.139. The van der Waals surface area contributed by atoms with Gasteiger partial charge in [0.25, 0.3) is 5.56 Å². The Bertz CT molecular complexity index is 1460. The predicted molar refractivity (Wildman–Crippen MR) is 143 cm³/mol. The molecule has 1 atom stereocenters. The fourth-order valence-electron chi connectivity index (χ4n) is 4.43. The Kier molecular flexibility index (Phi) is 7.89. The molecule has 1 aliphatic rings. The standard InChI is InChI=1S/C29H32N2O4S/c1-6-10-22-25(28(33)35-7-2)26(20-15-13-19(14-16-20)18(3)4)31-27(32)24(36-29(31)30-22)17-21-11-8-9-12-23(21)34-5/h8-9,11-18,26H,6-7,10H2,1-5H3/b24-17+/t26-/m1/s1. The maximum atomic E-state index is 13.8. The van der Waals surface area contributed by atoms with Crippen LogP contribution in [0.2, 0.25) is 0 Å². The fraction of sp³-hybridized carbons (Fsp3) is 0.345. The Balaban J connectivity index is 1.99. The molecule has 2 heterocycles. The van der Waals surface area contributed by atoms with E-state index in [-0.39, 0.29) is 12.2 Å². The van der Waals surface area contributed by atoms with Gasteiger partial charge in [-0.1, -0.05) is 81.0 Å². The van der Waals surface area contributed by atoms with Gasteiger partial charge in [-0.25, -0.2) is 9.79 Å². The van der Waals surface area contributed by atoms with E-state index in [9.17, 15) is 9.59 Å². The molecule has 6 nitrogen and oxygen atoms in total. The molecule has 4 rings (SSSR count). The Morgan fingerprint density at radius 3 is 2.50 bits per heavy atom. The normalized spacial score (nSPS) is 15.6. The van der Waals surface area contributed by atoms with Crippen molar-refractivity contribution in [1.29, 1.82) is 0 Å². The number of allylic oxidation sites excluding steroid dienone is 1. The number of esters is 1. The molecule has 0 saturated carbocycles. The number of carbonyl (C=O) groups is 1. The van der Waals surface area contributed by atoms with Gasteiger partial charge in [-0.05, 0) is 42.5 Å². The summed E-state index contributed by atoms with van der Waals surface area (Å²) in [6, 6.07) is 15.1. The van der Waals surface area contributed by atoms with E-state index in [1.807, 2.05) is 42.5 Å². The summed E-state index contributed by atoms with van der Waals surface area (Å²) < 4.78 is 13.1. The van der Waals surface area contributed by atoms with Crippen LogP contribution in [0.5, 0.6) is 5.75 Å². The number of rotatable bonds is 8. The Hall–Kier alpha value is -3.45. The quantitative estimate of drug-likeness (QED) is 0.417. The molecule has 36 heavy (non-hydrogen) atoms. The number of carbonyl (C=O) groups excluding carboxylic acids is 1. The highest BCUT2D eigenvalue weighted by atomic mass is 32.1. The molecule has 1 aliphatic heterocycles. The van der Waals surface area contributed by atoms with E-state index in [4.69, 9.17) is 14.5 Å². The first kappa shape index (κ1) is 25.6. The fourth-order valence-corrected chi connectivity index (χ4v) is 5.44.